The first-order chi connectivity index (χ1) is 19.2. The van der Waals surface area contributed by atoms with Gasteiger partial charge in [0.2, 0.25) is 0 Å². The second-order valence-corrected chi connectivity index (χ2v) is 12.9. The normalized spacial score (nSPS) is 11.5. The molecule has 1 aromatic rings. The van der Waals surface area contributed by atoms with Crippen LogP contribution in [-0.2, 0) is 25.7 Å². The molecule has 0 fully saturated rings. The van der Waals surface area contributed by atoms with Gasteiger partial charge in [0.1, 0.15) is 0 Å². The van der Waals surface area contributed by atoms with Crippen LogP contribution in [0.3, 0.4) is 0 Å². The van der Waals surface area contributed by atoms with E-state index in [0.717, 1.165) is 0 Å². The zero-order valence-corrected chi connectivity index (χ0v) is 27.9. The van der Waals surface area contributed by atoms with E-state index in [0.29, 0.717) is 0 Å². The number of hydrogen-bond acceptors (Lipinski definition) is 0. The molecule has 0 heterocycles. The molecule has 228 valence electrons. The molecule has 1 rings (SSSR count). The van der Waals surface area contributed by atoms with Crippen LogP contribution in [0, 0.1) is 6.92 Å². The highest BCUT2D eigenvalue weighted by molar-refractivity contribution is 5.46. The highest BCUT2D eigenvalue weighted by atomic mass is 14.2. The molecule has 0 aliphatic heterocycles. The molecule has 0 aliphatic carbocycles. The number of benzene rings is 1. The molecule has 0 aliphatic rings. The standard InChI is InChI=1S/C39H72/c1-6-10-14-18-22-26-30-36-34-35(5)37(31-27-23-19-15-11-7-2)39(33-29-25-21-17-13-9-4)38(36)32-28-24-20-16-12-8-3/h34H,6-33H2,1-5H3. The SMILES string of the molecule is CCCCCCCCc1cc(C)c(CCCCCCCC)c(CCCCCCCC)c1CCCCCCCC. The fourth-order valence-corrected chi connectivity index (χ4v) is 6.58. The van der Waals surface area contributed by atoms with Crippen LogP contribution in [0.1, 0.15) is 210 Å². The van der Waals surface area contributed by atoms with Crippen molar-refractivity contribution in [2.45, 2.75) is 214 Å². The van der Waals surface area contributed by atoms with E-state index >= 15 is 0 Å². The largest absolute Gasteiger partial charge is 0.0654 e. The van der Waals surface area contributed by atoms with E-state index in [4.69, 9.17) is 0 Å². The maximum atomic E-state index is 2.66. The summed E-state index contributed by atoms with van der Waals surface area (Å²) in [5.41, 5.74) is 8.78. The maximum absolute atomic E-state index is 2.66. The van der Waals surface area contributed by atoms with Crippen molar-refractivity contribution < 1.29 is 0 Å². The smallest absolute Gasteiger partial charge is 0.0273 e. The Balaban J connectivity index is 3.03. The van der Waals surface area contributed by atoms with E-state index in [1.165, 1.54) is 180 Å². The van der Waals surface area contributed by atoms with Crippen LogP contribution in [-0.4, -0.2) is 0 Å². The summed E-state index contributed by atoms with van der Waals surface area (Å²) in [7, 11) is 0. The second-order valence-electron chi connectivity index (χ2n) is 12.9. The lowest BCUT2D eigenvalue weighted by Crippen LogP contribution is -2.09. The van der Waals surface area contributed by atoms with Gasteiger partial charge in [0.15, 0.2) is 0 Å². The highest BCUT2D eigenvalue weighted by Gasteiger charge is 2.16. The summed E-state index contributed by atoms with van der Waals surface area (Å²) in [5, 5.41) is 0. The third kappa shape index (κ3) is 17.6. The van der Waals surface area contributed by atoms with Gasteiger partial charge in [-0.2, -0.15) is 0 Å². The van der Waals surface area contributed by atoms with Gasteiger partial charge in [-0.1, -0.05) is 162 Å². The lowest BCUT2D eigenvalue weighted by Gasteiger charge is -2.22. The molecule has 0 aromatic heterocycles. The number of aryl methyl sites for hydroxylation is 2. The molecule has 0 bridgehead atoms. The number of rotatable bonds is 28. The molecule has 0 radical (unpaired) electrons. The van der Waals surface area contributed by atoms with Gasteiger partial charge in [-0.3, -0.25) is 0 Å². The van der Waals surface area contributed by atoms with Crippen molar-refractivity contribution in [1.29, 1.82) is 0 Å². The van der Waals surface area contributed by atoms with Crippen LogP contribution in [0.5, 0.6) is 0 Å². The Bertz CT molecular complexity index is 669. The van der Waals surface area contributed by atoms with Crippen molar-refractivity contribution in [3.8, 4) is 0 Å². The molecule has 0 saturated heterocycles. The quantitative estimate of drug-likeness (QED) is 0.0927. The second kappa shape index (κ2) is 26.1. The van der Waals surface area contributed by atoms with Crippen molar-refractivity contribution in [3.05, 3.63) is 33.9 Å². The molecule has 0 saturated carbocycles. The summed E-state index contributed by atoms with van der Waals surface area (Å²) < 4.78 is 0. The third-order valence-corrected chi connectivity index (χ3v) is 9.12. The molecule has 0 nitrogen and oxygen atoms in total. The first-order valence-corrected chi connectivity index (χ1v) is 18.3. The maximum Gasteiger partial charge on any atom is -0.0273 e. The van der Waals surface area contributed by atoms with E-state index in [2.05, 4.69) is 40.7 Å². The number of hydrogen-bond donors (Lipinski definition) is 0. The molecule has 1 aromatic carbocycles. The summed E-state index contributed by atoms with van der Waals surface area (Å²) in [6, 6.07) is 2.66. The van der Waals surface area contributed by atoms with Crippen LogP contribution in [0.15, 0.2) is 6.07 Å². The molecule has 0 atom stereocenters. The predicted octanol–water partition coefficient (Wildman–Crippen LogP) is 13.6. The van der Waals surface area contributed by atoms with Gasteiger partial charge in [-0.05, 0) is 86.1 Å². The van der Waals surface area contributed by atoms with Gasteiger partial charge < -0.3 is 0 Å². The zero-order valence-electron chi connectivity index (χ0n) is 27.9. The molecule has 39 heavy (non-hydrogen) atoms. The highest BCUT2D eigenvalue weighted by Crippen LogP contribution is 2.30. The van der Waals surface area contributed by atoms with Crippen molar-refractivity contribution in [1.82, 2.24) is 0 Å². The summed E-state index contributed by atoms with van der Waals surface area (Å²) in [5.74, 6) is 0. The molecule has 0 unspecified atom stereocenters. The minimum absolute atomic E-state index is 1.32. The first-order valence-electron chi connectivity index (χ1n) is 18.3. The van der Waals surface area contributed by atoms with E-state index in [9.17, 15) is 0 Å². The summed E-state index contributed by atoms with van der Waals surface area (Å²) in [6.07, 6.45) is 39.1. The van der Waals surface area contributed by atoms with Crippen molar-refractivity contribution in [2.24, 2.45) is 0 Å². The average Bonchev–Trinajstić information content (AvgIpc) is 2.94. The third-order valence-electron chi connectivity index (χ3n) is 9.12. The zero-order chi connectivity index (χ0) is 28.4. The minimum Gasteiger partial charge on any atom is -0.0654 e. The molecule has 0 heteroatoms. The fraction of sp³-hybridized carbons (Fsp3) is 0.846. The van der Waals surface area contributed by atoms with Crippen LogP contribution in [0.25, 0.3) is 0 Å². The van der Waals surface area contributed by atoms with Crippen molar-refractivity contribution in [2.75, 3.05) is 0 Å². The Morgan fingerprint density at radius 3 is 1.05 bits per heavy atom. The Kier molecular flexibility index (Phi) is 24.3. The van der Waals surface area contributed by atoms with E-state index in [1.54, 1.807) is 16.7 Å². The van der Waals surface area contributed by atoms with Gasteiger partial charge in [0, 0.05) is 0 Å². The summed E-state index contributed by atoms with van der Waals surface area (Å²) >= 11 is 0. The van der Waals surface area contributed by atoms with Crippen LogP contribution in [0.4, 0.5) is 0 Å². The lowest BCUT2D eigenvalue weighted by molar-refractivity contribution is 0.588. The van der Waals surface area contributed by atoms with Gasteiger partial charge in [-0.25, -0.2) is 0 Å². The monoisotopic (exact) mass is 541 g/mol. The molecular formula is C39H72. The first kappa shape index (κ1) is 36.2. The number of unbranched alkanes of at least 4 members (excludes halogenated alkanes) is 20. The molecular weight excluding hydrogens is 468 g/mol. The van der Waals surface area contributed by atoms with Gasteiger partial charge in [0.05, 0.1) is 0 Å². The van der Waals surface area contributed by atoms with Gasteiger partial charge in [0.25, 0.3) is 0 Å². The topological polar surface area (TPSA) is 0 Å². The van der Waals surface area contributed by atoms with Gasteiger partial charge in [-0.15, -0.1) is 0 Å². The van der Waals surface area contributed by atoms with Crippen LogP contribution >= 0.6 is 0 Å². The molecule has 0 amide bonds. The van der Waals surface area contributed by atoms with E-state index in [-0.39, 0.29) is 0 Å². The Morgan fingerprint density at radius 2 is 0.641 bits per heavy atom. The molecule has 0 N–H and O–H groups in total. The van der Waals surface area contributed by atoms with Crippen LogP contribution in [0.2, 0.25) is 0 Å². The minimum atomic E-state index is 1.32. The van der Waals surface area contributed by atoms with Gasteiger partial charge >= 0.3 is 0 Å². The summed E-state index contributed by atoms with van der Waals surface area (Å²) in [4.78, 5) is 0. The average molecular weight is 541 g/mol. The fourth-order valence-electron chi connectivity index (χ4n) is 6.58. The Hall–Kier alpha value is -0.780. The Labute approximate surface area is 247 Å². The van der Waals surface area contributed by atoms with E-state index < -0.39 is 0 Å². The Morgan fingerprint density at radius 1 is 0.333 bits per heavy atom. The van der Waals surface area contributed by atoms with Crippen LogP contribution < -0.4 is 0 Å². The summed E-state index contributed by atoms with van der Waals surface area (Å²) in [6.45, 7) is 11.8. The van der Waals surface area contributed by atoms with Crippen molar-refractivity contribution >= 4 is 0 Å². The predicted molar refractivity (Wildman–Crippen MR) is 179 cm³/mol. The van der Waals surface area contributed by atoms with E-state index in [1.807, 2.05) is 11.1 Å². The molecule has 0 spiro atoms. The van der Waals surface area contributed by atoms with Crippen molar-refractivity contribution in [3.63, 3.8) is 0 Å². The lowest BCUT2D eigenvalue weighted by atomic mass is 9.83.